The Morgan fingerprint density at radius 2 is 1.09 bits per heavy atom. The van der Waals surface area contributed by atoms with Crippen LogP contribution in [0.3, 0.4) is 0 Å². The Bertz CT molecular complexity index is 1210. The van der Waals surface area contributed by atoms with Crippen molar-refractivity contribution in [3.8, 4) is 11.8 Å². The lowest BCUT2D eigenvalue weighted by atomic mass is 10.1. The fourth-order valence-corrected chi connectivity index (χ4v) is 12.7. The number of rotatable bonds is 14. The molecule has 4 nitrogen and oxygen atoms in total. The number of hydrogen-bond donors (Lipinski definition) is 1. The van der Waals surface area contributed by atoms with Crippen molar-refractivity contribution in [1.82, 2.24) is 0 Å². The first-order chi connectivity index (χ1) is 21.0. The van der Waals surface area contributed by atoms with E-state index in [0.29, 0.717) is 13.0 Å². The predicted molar refractivity (Wildman–Crippen MR) is 206 cm³/mol. The van der Waals surface area contributed by atoms with Crippen LogP contribution in [0.2, 0.25) is 41.3 Å². The van der Waals surface area contributed by atoms with E-state index >= 15 is 0 Å². The van der Waals surface area contributed by atoms with Gasteiger partial charge in [0.1, 0.15) is 12.2 Å². The number of aliphatic hydroxyl groups excluding tert-OH is 1. The summed E-state index contributed by atoms with van der Waals surface area (Å²) in [6.45, 7) is 32.3. The van der Waals surface area contributed by atoms with E-state index in [4.69, 9.17) is 13.3 Å². The summed E-state index contributed by atoms with van der Waals surface area (Å²) in [6.07, 6.45) is 2.33. The van der Waals surface area contributed by atoms with E-state index in [9.17, 15) is 5.11 Å². The predicted octanol–water partition coefficient (Wildman–Crippen LogP) is 9.29. The molecule has 0 saturated heterocycles. The van der Waals surface area contributed by atoms with Gasteiger partial charge in [0.25, 0.3) is 8.32 Å². The highest BCUT2D eigenvalue weighted by Gasteiger charge is 2.50. The highest BCUT2D eigenvalue weighted by molar-refractivity contribution is 6.99. The largest absolute Gasteiger partial charge is 0.414 e. The molecule has 3 atom stereocenters. The average Bonchev–Trinajstić information content (AvgIpc) is 2.93. The zero-order valence-electron chi connectivity index (χ0n) is 31.7. The molecule has 2 aromatic carbocycles. The standard InChI is InChI=1S/C39H66O4Si3/c1-32(42-44(11,12)37(2,3)4)28-29-33(40)22-21-23-34(43-45(13,14)38(5,6)7)30-31-41-46(39(8,9)10,35-24-17-15-18-25-35)36-26-19-16-20-27-36/h15-20,24-27,32-34,40H,21-23,30-31H2,1-14H3/t32-,33?,34+/m1/s1. The van der Waals surface area contributed by atoms with Crippen LogP contribution in [0.5, 0.6) is 0 Å². The van der Waals surface area contributed by atoms with Gasteiger partial charge in [0.2, 0.25) is 0 Å². The van der Waals surface area contributed by atoms with Crippen molar-refractivity contribution >= 4 is 35.3 Å². The van der Waals surface area contributed by atoms with Crippen LogP contribution >= 0.6 is 0 Å². The molecule has 0 radical (unpaired) electrons. The third kappa shape index (κ3) is 11.0. The van der Waals surface area contributed by atoms with Gasteiger partial charge in [0.05, 0.1) is 0 Å². The fourth-order valence-electron chi connectivity index (χ4n) is 5.43. The Kier molecular flexibility index (Phi) is 14.4. The molecule has 46 heavy (non-hydrogen) atoms. The summed E-state index contributed by atoms with van der Waals surface area (Å²) in [6, 6.07) is 21.7. The highest BCUT2D eigenvalue weighted by atomic mass is 28.4. The second-order valence-corrected chi connectivity index (χ2v) is 30.9. The number of benzene rings is 2. The van der Waals surface area contributed by atoms with Crippen LogP contribution in [0.4, 0.5) is 0 Å². The zero-order chi connectivity index (χ0) is 35.0. The molecule has 0 amide bonds. The monoisotopic (exact) mass is 682 g/mol. The lowest BCUT2D eigenvalue weighted by molar-refractivity contribution is 0.127. The van der Waals surface area contributed by atoms with Gasteiger partial charge in [-0.15, -0.1) is 0 Å². The van der Waals surface area contributed by atoms with Gasteiger partial charge in [-0.3, -0.25) is 0 Å². The van der Waals surface area contributed by atoms with E-state index in [1.54, 1.807) is 0 Å². The number of hydrogen-bond acceptors (Lipinski definition) is 4. The third-order valence-electron chi connectivity index (χ3n) is 10.2. The quantitative estimate of drug-likeness (QED) is 0.159. The van der Waals surface area contributed by atoms with Gasteiger partial charge >= 0.3 is 0 Å². The Hall–Kier alpha value is -1.51. The summed E-state index contributed by atoms with van der Waals surface area (Å²) in [5.74, 6) is 6.25. The van der Waals surface area contributed by atoms with Crippen molar-refractivity contribution in [1.29, 1.82) is 0 Å². The maximum Gasteiger partial charge on any atom is 0.261 e. The molecule has 0 fully saturated rings. The third-order valence-corrected chi connectivity index (χ3v) is 24.3. The summed E-state index contributed by atoms with van der Waals surface area (Å²) in [4.78, 5) is 0. The summed E-state index contributed by atoms with van der Waals surface area (Å²) < 4.78 is 20.6. The van der Waals surface area contributed by atoms with E-state index in [-0.39, 0.29) is 27.3 Å². The van der Waals surface area contributed by atoms with E-state index < -0.39 is 31.1 Å². The molecule has 258 valence electrons. The van der Waals surface area contributed by atoms with E-state index in [0.717, 1.165) is 19.3 Å². The van der Waals surface area contributed by atoms with Gasteiger partial charge in [-0.05, 0) is 84.3 Å². The molecular weight excluding hydrogens is 617 g/mol. The summed E-state index contributed by atoms with van der Waals surface area (Å²) >= 11 is 0. The lowest BCUT2D eigenvalue weighted by Crippen LogP contribution is -2.66. The van der Waals surface area contributed by atoms with Crippen molar-refractivity contribution in [2.75, 3.05) is 6.61 Å². The molecule has 2 rings (SSSR count). The molecule has 7 heteroatoms. The molecule has 0 saturated carbocycles. The summed E-state index contributed by atoms with van der Waals surface area (Å²) in [7, 11) is -6.55. The van der Waals surface area contributed by atoms with Crippen LogP contribution in [-0.4, -0.2) is 55.0 Å². The van der Waals surface area contributed by atoms with Gasteiger partial charge in [-0.2, -0.15) is 0 Å². The molecule has 0 heterocycles. The molecule has 1 unspecified atom stereocenters. The smallest absolute Gasteiger partial charge is 0.261 e. The second kappa shape index (κ2) is 16.3. The van der Waals surface area contributed by atoms with Gasteiger partial charge in [-0.25, -0.2) is 0 Å². The van der Waals surface area contributed by atoms with Crippen molar-refractivity contribution in [2.45, 2.75) is 155 Å². The molecule has 0 aliphatic rings. The van der Waals surface area contributed by atoms with Gasteiger partial charge in [-0.1, -0.05) is 135 Å². The minimum atomic E-state index is -2.62. The van der Waals surface area contributed by atoms with E-state index in [1.165, 1.54) is 10.4 Å². The molecular formula is C39H66O4Si3. The fraction of sp³-hybridized carbons (Fsp3) is 0.641. The van der Waals surface area contributed by atoms with E-state index in [2.05, 4.69) is 161 Å². The molecule has 0 aromatic heterocycles. The normalized spacial score (nSPS) is 15.5. The van der Waals surface area contributed by atoms with Gasteiger partial charge < -0.3 is 18.4 Å². The van der Waals surface area contributed by atoms with Crippen LogP contribution in [0.15, 0.2) is 60.7 Å². The minimum Gasteiger partial charge on any atom is -0.414 e. The molecule has 0 aliphatic carbocycles. The molecule has 1 N–H and O–H groups in total. The maximum absolute atomic E-state index is 10.8. The average molecular weight is 683 g/mol. The Labute approximate surface area is 286 Å². The van der Waals surface area contributed by atoms with Gasteiger partial charge in [0, 0.05) is 12.7 Å². The number of aliphatic hydroxyl groups is 1. The Morgan fingerprint density at radius 3 is 1.52 bits per heavy atom. The molecule has 2 aromatic rings. The van der Waals surface area contributed by atoms with Crippen LogP contribution in [0, 0.1) is 11.8 Å². The highest BCUT2D eigenvalue weighted by Crippen LogP contribution is 2.40. The summed E-state index contributed by atoms with van der Waals surface area (Å²) in [5, 5.41) is 13.5. The van der Waals surface area contributed by atoms with Crippen molar-refractivity contribution < 1.29 is 18.4 Å². The Morgan fingerprint density at radius 1 is 0.630 bits per heavy atom. The topological polar surface area (TPSA) is 47.9 Å². The Balaban J connectivity index is 2.22. The van der Waals surface area contributed by atoms with Crippen molar-refractivity contribution in [2.24, 2.45) is 0 Å². The van der Waals surface area contributed by atoms with Gasteiger partial charge in [0.15, 0.2) is 16.6 Å². The van der Waals surface area contributed by atoms with Crippen molar-refractivity contribution in [3.05, 3.63) is 60.7 Å². The first kappa shape index (κ1) is 40.7. The van der Waals surface area contributed by atoms with Crippen LogP contribution in [-0.2, 0) is 13.3 Å². The zero-order valence-corrected chi connectivity index (χ0v) is 34.7. The van der Waals surface area contributed by atoms with Crippen LogP contribution in [0.25, 0.3) is 0 Å². The molecule has 0 aliphatic heterocycles. The molecule has 0 spiro atoms. The van der Waals surface area contributed by atoms with E-state index in [1.807, 2.05) is 6.92 Å². The minimum absolute atomic E-state index is 0.0557. The summed E-state index contributed by atoms with van der Waals surface area (Å²) in [5.41, 5.74) is 0. The van der Waals surface area contributed by atoms with Crippen LogP contribution in [0.1, 0.15) is 94.9 Å². The SMILES string of the molecule is C[C@H](C#CC(O)CCC[C@@H](CCO[Si](c1ccccc1)(c1ccccc1)C(C)(C)C)O[Si](C)(C)C(C)(C)C)O[Si](C)(C)C(C)(C)C. The lowest BCUT2D eigenvalue weighted by Gasteiger charge is -2.44. The maximum atomic E-state index is 10.8. The first-order valence-electron chi connectivity index (χ1n) is 17.3. The van der Waals surface area contributed by atoms with Crippen molar-refractivity contribution in [3.63, 3.8) is 0 Å². The molecule has 0 bridgehead atoms. The van der Waals surface area contributed by atoms with Crippen LogP contribution < -0.4 is 10.4 Å². The first-order valence-corrected chi connectivity index (χ1v) is 25.1. The second-order valence-electron chi connectivity index (χ2n) is 17.1.